The van der Waals surface area contributed by atoms with Crippen LogP contribution in [0.5, 0.6) is 11.5 Å². The monoisotopic (exact) mass is 622 g/mol. The average Bonchev–Trinajstić information content (AvgIpc) is 3.08. The van der Waals surface area contributed by atoms with Crippen molar-refractivity contribution in [3.8, 4) is 34.0 Å². The Hall–Kier alpha value is -4.44. The van der Waals surface area contributed by atoms with E-state index in [1.54, 1.807) is 12.1 Å². The fraction of sp³-hybridized carbons (Fsp3) is 0.444. The van der Waals surface area contributed by atoms with Crippen molar-refractivity contribution in [1.82, 2.24) is 25.3 Å². The largest absolute Gasteiger partial charge is 0.507 e. The molecule has 242 valence electrons. The van der Waals surface area contributed by atoms with E-state index >= 15 is 0 Å². The number of hydrogen-bond donors (Lipinski definition) is 3. The highest BCUT2D eigenvalue weighted by atomic mass is 16.5. The van der Waals surface area contributed by atoms with Crippen LogP contribution in [0, 0.1) is 11.8 Å². The fourth-order valence-electron chi connectivity index (χ4n) is 6.99. The molecule has 0 unspecified atom stereocenters. The third kappa shape index (κ3) is 6.87. The number of rotatable bonds is 9. The molecule has 3 heterocycles. The summed E-state index contributed by atoms with van der Waals surface area (Å²) in [5, 5.41) is 27.6. The topological polar surface area (TPSA) is 140 Å². The molecule has 6 rings (SSSR count). The van der Waals surface area contributed by atoms with Gasteiger partial charge in [0.2, 0.25) is 0 Å². The van der Waals surface area contributed by atoms with Gasteiger partial charge < -0.3 is 26.2 Å². The molecule has 0 amide bonds. The van der Waals surface area contributed by atoms with Gasteiger partial charge in [0.15, 0.2) is 5.82 Å². The molecule has 0 radical (unpaired) electrons. The normalized spacial score (nSPS) is 19.7. The molecule has 1 atom stereocenters. The second kappa shape index (κ2) is 13.9. The Morgan fingerprint density at radius 1 is 0.848 bits per heavy atom. The summed E-state index contributed by atoms with van der Waals surface area (Å²) in [6, 6.07) is 19.6. The average molecular weight is 623 g/mol. The quantitative estimate of drug-likeness (QED) is 0.181. The number of nitrogens with two attached hydrogens (primary N) is 2. The minimum atomic E-state index is 0.174. The van der Waals surface area contributed by atoms with Crippen LogP contribution in [0.25, 0.3) is 22.5 Å². The summed E-state index contributed by atoms with van der Waals surface area (Å²) in [4.78, 5) is 4.55. The predicted octanol–water partition coefficient (Wildman–Crippen LogP) is 6.34. The molecule has 0 bridgehead atoms. The molecule has 1 saturated carbocycles. The molecule has 4 aromatic rings. The third-order valence-corrected chi connectivity index (χ3v) is 10.1. The maximum Gasteiger partial charge on any atom is 0.169 e. The lowest BCUT2D eigenvalue weighted by Crippen LogP contribution is -2.44. The number of piperidine rings is 1. The fourth-order valence-corrected chi connectivity index (χ4v) is 6.99. The van der Waals surface area contributed by atoms with Crippen molar-refractivity contribution in [1.29, 1.82) is 0 Å². The van der Waals surface area contributed by atoms with Crippen molar-refractivity contribution in [3.63, 3.8) is 0 Å². The van der Waals surface area contributed by atoms with E-state index in [4.69, 9.17) is 16.2 Å². The smallest absolute Gasteiger partial charge is 0.169 e. The Morgan fingerprint density at radius 3 is 2.20 bits per heavy atom. The number of phenolic OH excluding ortho intramolecular Hbond substituents is 1. The summed E-state index contributed by atoms with van der Waals surface area (Å²) in [7, 11) is 2.12. The second-order valence-electron chi connectivity index (χ2n) is 13.1. The Morgan fingerprint density at radius 2 is 1.48 bits per heavy atom. The van der Waals surface area contributed by atoms with Crippen LogP contribution in [0.3, 0.4) is 0 Å². The van der Waals surface area contributed by atoms with Gasteiger partial charge in [-0.3, -0.25) is 4.90 Å². The number of aromatic nitrogens is 4. The van der Waals surface area contributed by atoms with E-state index in [1.165, 1.54) is 12.8 Å². The Labute approximate surface area is 271 Å². The van der Waals surface area contributed by atoms with Crippen LogP contribution in [0.15, 0.2) is 60.7 Å². The van der Waals surface area contributed by atoms with E-state index in [-0.39, 0.29) is 5.75 Å². The van der Waals surface area contributed by atoms with Crippen LogP contribution in [-0.2, 0) is 0 Å². The van der Waals surface area contributed by atoms with E-state index < -0.39 is 0 Å². The maximum atomic E-state index is 10.3. The van der Waals surface area contributed by atoms with Gasteiger partial charge in [-0.25, -0.2) is 0 Å². The van der Waals surface area contributed by atoms with Gasteiger partial charge >= 0.3 is 0 Å². The summed E-state index contributed by atoms with van der Waals surface area (Å²) >= 11 is 0. The highest BCUT2D eigenvalue weighted by Gasteiger charge is 2.28. The molecule has 10 heteroatoms. The SMILES string of the molecule is C[C@@H](C1CCN(c2cc(-c3ccccc3O)nnc2N)CC1)N(C)COc1ccccc1-c1cc([C@H]2CC[C@H](C)CC2)c(N)nn1. The number of anilines is 3. The molecular formula is C36H46N8O2. The second-order valence-corrected chi connectivity index (χ2v) is 13.1. The summed E-state index contributed by atoms with van der Waals surface area (Å²) in [6.07, 6.45) is 6.75. The molecule has 10 nitrogen and oxygen atoms in total. The van der Waals surface area contributed by atoms with Crippen LogP contribution in [-0.4, -0.2) is 63.3 Å². The number of ether oxygens (including phenoxy) is 1. The summed E-state index contributed by atoms with van der Waals surface area (Å²) in [5.41, 5.74) is 17.6. The molecule has 1 aliphatic heterocycles. The maximum absolute atomic E-state index is 10.3. The van der Waals surface area contributed by atoms with Crippen molar-refractivity contribution < 1.29 is 9.84 Å². The first kappa shape index (κ1) is 31.5. The summed E-state index contributed by atoms with van der Waals surface area (Å²) < 4.78 is 6.43. The molecular weight excluding hydrogens is 576 g/mol. The van der Waals surface area contributed by atoms with E-state index in [9.17, 15) is 5.11 Å². The molecule has 2 aliphatic rings. The standard InChI is InChI=1S/C36H46N8O2/c1-23-12-14-26(15-13-23)29-20-30(39-41-35(29)37)28-9-5-7-11-34(28)46-22-43(3)24(2)25-16-18-44(19-17-25)32-21-31(40-42-36(32)38)27-8-4-6-10-33(27)45/h4-11,20-21,23-26,45H,12-19,22H2,1-3H3,(H2,37,41)(H2,38,42)/t23-,24-,26-/m0/s1. The minimum Gasteiger partial charge on any atom is -0.507 e. The molecule has 2 fully saturated rings. The van der Waals surface area contributed by atoms with E-state index in [2.05, 4.69) is 57.2 Å². The molecule has 46 heavy (non-hydrogen) atoms. The van der Waals surface area contributed by atoms with Crippen LogP contribution in [0.1, 0.15) is 63.9 Å². The Balaban J connectivity index is 1.08. The van der Waals surface area contributed by atoms with Crippen LogP contribution < -0.4 is 21.1 Å². The van der Waals surface area contributed by atoms with Gasteiger partial charge in [0.25, 0.3) is 0 Å². The highest BCUT2D eigenvalue weighted by Crippen LogP contribution is 2.39. The first-order valence-electron chi connectivity index (χ1n) is 16.5. The van der Waals surface area contributed by atoms with Gasteiger partial charge in [-0.15, -0.1) is 20.4 Å². The van der Waals surface area contributed by atoms with Gasteiger partial charge in [-0.05, 0) is 93.8 Å². The van der Waals surface area contributed by atoms with E-state index in [0.29, 0.717) is 47.5 Å². The number of nitrogens with zero attached hydrogens (tertiary/aromatic N) is 6. The molecule has 2 aromatic carbocycles. The first-order valence-corrected chi connectivity index (χ1v) is 16.5. The summed E-state index contributed by atoms with van der Waals surface area (Å²) in [6.45, 7) is 6.79. The zero-order valence-electron chi connectivity index (χ0n) is 27.1. The van der Waals surface area contributed by atoms with Gasteiger partial charge in [0.1, 0.15) is 24.0 Å². The number of para-hydroxylation sites is 2. The van der Waals surface area contributed by atoms with Crippen molar-refractivity contribution in [2.24, 2.45) is 11.8 Å². The van der Waals surface area contributed by atoms with E-state index in [1.807, 2.05) is 42.5 Å². The summed E-state index contributed by atoms with van der Waals surface area (Å²) in [5.74, 6) is 3.61. The third-order valence-electron chi connectivity index (χ3n) is 10.1. The molecule has 1 aliphatic carbocycles. The van der Waals surface area contributed by atoms with Crippen molar-refractivity contribution in [3.05, 3.63) is 66.2 Å². The van der Waals surface area contributed by atoms with Crippen molar-refractivity contribution >= 4 is 17.3 Å². The number of hydrogen-bond acceptors (Lipinski definition) is 10. The lowest BCUT2D eigenvalue weighted by Gasteiger charge is -2.39. The van der Waals surface area contributed by atoms with E-state index in [0.717, 1.165) is 72.9 Å². The van der Waals surface area contributed by atoms with Crippen molar-refractivity contribution in [2.75, 3.05) is 43.2 Å². The molecule has 2 aromatic heterocycles. The number of nitrogen functional groups attached to an aromatic ring is 2. The Bertz CT molecular complexity index is 1630. The molecule has 5 N–H and O–H groups in total. The Kier molecular flexibility index (Phi) is 9.53. The first-order chi connectivity index (χ1) is 22.3. The molecule has 1 saturated heterocycles. The van der Waals surface area contributed by atoms with Gasteiger partial charge in [0.05, 0.1) is 17.1 Å². The lowest BCUT2D eigenvalue weighted by atomic mass is 9.79. The van der Waals surface area contributed by atoms with Crippen LogP contribution in [0.2, 0.25) is 0 Å². The lowest BCUT2D eigenvalue weighted by molar-refractivity contribution is 0.0817. The predicted molar refractivity (Wildman–Crippen MR) is 183 cm³/mol. The highest BCUT2D eigenvalue weighted by molar-refractivity contribution is 5.74. The minimum absolute atomic E-state index is 0.174. The van der Waals surface area contributed by atoms with Crippen LogP contribution >= 0.6 is 0 Å². The number of phenols is 1. The van der Waals surface area contributed by atoms with Gasteiger partial charge in [0, 0.05) is 35.8 Å². The van der Waals surface area contributed by atoms with Gasteiger partial charge in [-0.1, -0.05) is 44.0 Å². The zero-order chi connectivity index (χ0) is 32.2. The molecule has 0 spiro atoms. The van der Waals surface area contributed by atoms with Crippen LogP contribution in [0.4, 0.5) is 17.3 Å². The van der Waals surface area contributed by atoms with Crippen molar-refractivity contribution in [2.45, 2.75) is 64.3 Å². The van der Waals surface area contributed by atoms with Gasteiger partial charge in [-0.2, -0.15) is 0 Å². The number of aromatic hydroxyl groups is 1. The number of benzene rings is 2. The zero-order valence-corrected chi connectivity index (χ0v) is 27.1.